The van der Waals surface area contributed by atoms with Gasteiger partial charge in [-0.1, -0.05) is 41.6 Å². The maximum atomic E-state index is 10.1. The quantitative estimate of drug-likeness (QED) is 0.792. The van der Waals surface area contributed by atoms with E-state index in [0.717, 1.165) is 23.9 Å². The highest BCUT2D eigenvalue weighted by atomic mass is 16.3. The minimum Gasteiger partial charge on any atom is -0.386 e. The molecular weight excluding hydrogens is 250 g/mol. The van der Waals surface area contributed by atoms with Crippen LogP contribution in [0.15, 0.2) is 48.7 Å². The summed E-state index contributed by atoms with van der Waals surface area (Å²) in [5.41, 5.74) is 1.66. The molecular formula is C16H15N3O. The fourth-order valence-electron chi connectivity index (χ4n) is 2.59. The lowest BCUT2D eigenvalue weighted by Crippen LogP contribution is -1.99. The van der Waals surface area contributed by atoms with Crippen LogP contribution in [0.25, 0.3) is 16.5 Å². The van der Waals surface area contributed by atoms with Gasteiger partial charge in [0.25, 0.3) is 0 Å². The van der Waals surface area contributed by atoms with Crippen molar-refractivity contribution in [1.29, 1.82) is 0 Å². The summed E-state index contributed by atoms with van der Waals surface area (Å²) in [5.74, 6) is 0.368. The number of aliphatic hydroxyl groups excluding tert-OH is 1. The Morgan fingerprint density at radius 1 is 1.10 bits per heavy atom. The zero-order valence-corrected chi connectivity index (χ0v) is 11.0. The van der Waals surface area contributed by atoms with Gasteiger partial charge in [-0.3, -0.25) is 0 Å². The van der Waals surface area contributed by atoms with Crippen LogP contribution in [0.4, 0.5) is 0 Å². The molecule has 0 spiro atoms. The second-order valence-corrected chi connectivity index (χ2v) is 5.37. The van der Waals surface area contributed by atoms with E-state index in [1.165, 1.54) is 5.39 Å². The molecule has 1 fully saturated rings. The summed E-state index contributed by atoms with van der Waals surface area (Å²) in [6.45, 7) is 0. The number of aromatic nitrogens is 3. The minimum absolute atomic E-state index is 0.368. The second-order valence-electron chi connectivity index (χ2n) is 5.37. The van der Waals surface area contributed by atoms with Gasteiger partial charge in [0, 0.05) is 5.39 Å². The molecule has 1 unspecified atom stereocenters. The second kappa shape index (κ2) is 4.42. The number of hydrogen-bond donors (Lipinski definition) is 1. The Morgan fingerprint density at radius 3 is 2.75 bits per heavy atom. The molecule has 1 aliphatic rings. The molecule has 0 aliphatic heterocycles. The van der Waals surface area contributed by atoms with Gasteiger partial charge in [-0.2, -0.15) is 0 Å². The predicted octanol–water partition coefficient (Wildman–Crippen LogP) is 2.86. The van der Waals surface area contributed by atoms with Crippen molar-refractivity contribution in [1.82, 2.24) is 15.0 Å². The van der Waals surface area contributed by atoms with Crippen molar-refractivity contribution in [2.45, 2.75) is 18.9 Å². The Morgan fingerprint density at radius 2 is 1.90 bits per heavy atom. The summed E-state index contributed by atoms with van der Waals surface area (Å²) >= 11 is 0. The molecule has 4 rings (SSSR count). The van der Waals surface area contributed by atoms with E-state index in [1.807, 2.05) is 30.5 Å². The minimum atomic E-state index is -0.473. The van der Waals surface area contributed by atoms with Gasteiger partial charge in [-0.15, -0.1) is 5.10 Å². The fraction of sp³-hybridized carbons (Fsp3) is 0.250. The van der Waals surface area contributed by atoms with Gasteiger partial charge in [0.05, 0.1) is 11.9 Å². The third-order valence-electron chi connectivity index (χ3n) is 3.90. The van der Waals surface area contributed by atoms with Crippen molar-refractivity contribution in [3.63, 3.8) is 0 Å². The Balaban J connectivity index is 1.79. The maximum absolute atomic E-state index is 10.1. The molecule has 4 nitrogen and oxygen atoms in total. The number of hydrogen-bond acceptors (Lipinski definition) is 3. The van der Waals surface area contributed by atoms with Gasteiger partial charge in [0.1, 0.15) is 11.8 Å². The van der Waals surface area contributed by atoms with E-state index in [9.17, 15) is 5.11 Å². The first-order valence-electron chi connectivity index (χ1n) is 6.91. The first kappa shape index (κ1) is 11.6. The van der Waals surface area contributed by atoms with E-state index in [4.69, 9.17) is 0 Å². The summed E-state index contributed by atoms with van der Waals surface area (Å²) in [4.78, 5) is 0. The Hall–Kier alpha value is -2.20. The van der Waals surface area contributed by atoms with Crippen LogP contribution < -0.4 is 0 Å². The number of rotatable bonds is 3. The van der Waals surface area contributed by atoms with Gasteiger partial charge in [0.2, 0.25) is 0 Å². The molecule has 4 heteroatoms. The lowest BCUT2D eigenvalue weighted by Gasteiger charge is -2.06. The van der Waals surface area contributed by atoms with Gasteiger partial charge >= 0.3 is 0 Å². The lowest BCUT2D eigenvalue weighted by atomic mass is 10.1. The topological polar surface area (TPSA) is 50.9 Å². The number of nitrogens with zero attached hydrogens (tertiary/aromatic N) is 3. The molecule has 1 N–H and O–H groups in total. The third-order valence-corrected chi connectivity index (χ3v) is 3.90. The van der Waals surface area contributed by atoms with Crippen LogP contribution >= 0.6 is 0 Å². The molecule has 1 heterocycles. The molecule has 100 valence electrons. The molecule has 0 radical (unpaired) electrons. The lowest BCUT2D eigenvalue weighted by molar-refractivity contribution is 0.149. The first-order valence-corrected chi connectivity index (χ1v) is 6.91. The highest BCUT2D eigenvalue weighted by Gasteiger charge is 2.32. The highest BCUT2D eigenvalue weighted by molar-refractivity contribution is 5.89. The summed E-state index contributed by atoms with van der Waals surface area (Å²) in [7, 11) is 0. The van der Waals surface area contributed by atoms with Crippen LogP contribution in [-0.4, -0.2) is 20.1 Å². The van der Waals surface area contributed by atoms with Gasteiger partial charge < -0.3 is 5.11 Å². The van der Waals surface area contributed by atoms with Crippen LogP contribution in [0.2, 0.25) is 0 Å². The summed E-state index contributed by atoms with van der Waals surface area (Å²) in [6, 6.07) is 14.3. The Kier molecular flexibility index (Phi) is 2.57. The number of fused-ring (bicyclic) bond motifs is 1. The molecule has 1 atom stereocenters. The first-order chi connectivity index (χ1) is 9.83. The van der Waals surface area contributed by atoms with Crippen LogP contribution in [-0.2, 0) is 0 Å². The molecule has 20 heavy (non-hydrogen) atoms. The molecule has 0 saturated heterocycles. The fourth-order valence-corrected chi connectivity index (χ4v) is 2.59. The van der Waals surface area contributed by atoms with Crippen LogP contribution in [0, 0.1) is 5.92 Å². The van der Waals surface area contributed by atoms with Crippen LogP contribution in [0.3, 0.4) is 0 Å². The van der Waals surface area contributed by atoms with Crippen molar-refractivity contribution in [3.8, 4) is 5.69 Å². The molecule has 2 aromatic carbocycles. The van der Waals surface area contributed by atoms with E-state index in [2.05, 4.69) is 28.5 Å². The maximum Gasteiger partial charge on any atom is 0.112 e. The standard InChI is InChI=1S/C16H15N3O/c20-16(12-8-9-12)14-10-19(18-17-14)15-7-3-5-11-4-1-2-6-13(11)15/h1-7,10,12,16,20H,8-9H2. The summed E-state index contributed by atoms with van der Waals surface area (Å²) < 4.78 is 1.75. The smallest absolute Gasteiger partial charge is 0.112 e. The van der Waals surface area contributed by atoms with Crippen molar-refractivity contribution in [3.05, 3.63) is 54.4 Å². The molecule has 3 aromatic rings. The Bertz CT molecular complexity index is 756. The normalized spacial score (nSPS) is 16.4. The predicted molar refractivity (Wildman–Crippen MR) is 76.5 cm³/mol. The monoisotopic (exact) mass is 265 g/mol. The summed E-state index contributed by atoms with van der Waals surface area (Å²) in [6.07, 6.45) is 3.54. The van der Waals surface area contributed by atoms with E-state index in [1.54, 1.807) is 4.68 Å². The van der Waals surface area contributed by atoms with Gasteiger partial charge in [0.15, 0.2) is 0 Å². The average Bonchev–Trinajstić information content (AvgIpc) is 3.23. The molecule has 0 amide bonds. The average molecular weight is 265 g/mol. The van der Waals surface area contributed by atoms with Crippen LogP contribution in [0.5, 0.6) is 0 Å². The SMILES string of the molecule is OC(c1cn(-c2cccc3ccccc23)nn1)C1CC1. The summed E-state index contributed by atoms with van der Waals surface area (Å²) in [5, 5.41) is 20.7. The molecule has 1 aromatic heterocycles. The van der Waals surface area contributed by atoms with E-state index < -0.39 is 6.10 Å². The molecule has 1 aliphatic carbocycles. The third kappa shape index (κ3) is 1.89. The molecule has 1 saturated carbocycles. The van der Waals surface area contributed by atoms with E-state index in [0.29, 0.717) is 11.6 Å². The van der Waals surface area contributed by atoms with Crippen molar-refractivity contribution in [2.24, 2.45) is 5.92 Å². The van der Waals surface area contributed by atoms with Crippen molar-refractivity contribution < 1.29 is 5.11 Å². The van der Waals surface area contributed by atoms with Crippen molar-refractivity contribution >= 4 is 10.8 Å². The number of benzene rings is 2. The zero-order chi connectivity index (χ0) is 13.5. The van der Waals surface area contributed by atoms with E-state index >= 15 is 0 Å². The van der Waals surface area contributed by atoms with Crippen LogP contribution in [0.1, 0.15) is 24.6 Å². The number of aliphatic hydroxyl groups is 1. The van der Waals surface area contributed by atoms with Crippen molar-refractivity contribution in [2.75, 3.05) is 0 Å². The van der Waals surface area contributed by atoms with Gasteiger partial charge in [-0.25, -0.2) is 4.68 Å². The highest BCUT2D eigenvalue weighted by Crippen LogP contribution is 2.40. The largest absolute Gasteiger partial charge is 0.386 e. The zero-order valence-electron chi connectivity index (χ0n) is 11.0. The van der Waals surface area contributed by atoms with E-state index in [-0.39, 0.29) is 0 Å². The Labute approximate surface area is 116 Å². The van der Waals surface area contributed by atoms with Gasteiger partial charge in [-0.05, 0) is 30.2 Å². The molecule has 0 bridgehead atoms.